The fraction of sp³-hybridized carbons (Fsp3) is 0.500. The number of nitrogens with zero attached hydrogens (tertiary/aromatic N) is 2. The van der Waals surface area contributed by atoms with Gasteiger partial charge in [-0.1, -0.05) is 30.3 Å². The number of rotatable bonds is 5. The molecular weight excluding hydrogens is 316 g/mol. The molecule has 1 heterocycles. The Morgan fingerprint density at radius 2 is 1.92 bits per heavy atom. The maximum atomic E-state index is 9.21. The van der Waals surface area contributed by atoms with Gasteiger partial charge in [0.15, 0.2) is 0 Å². The van der Waals surface area contributed by atoms with E-state index < -0.39 is 0 Å². The smallest absolute Gasteiger partial charge is 0.125 e. The molecule has 0 radical (unpaired) electrons. The molecule has 0 spiro atoms. The van der Waals surface area contributed by atoms with E-state index in [-0.39, 0.29) is 11.5 Å². The first-order chi connectivity index (χ1) is 11.8. The van der Waals surface area contributed by atoms with Gasteiger partial charge in [0.2, 0.25) is 0 Å². The number of hydrogen-bond acceptors (Lipinski definition) is 4. The quantitative estimate of drug-likeness (QED) is 0.758. The Labute approximate surface area is 147 Å². The summed E-state index contributed by atoms with van der Waals surface area (Å²) >= 11 is 1.71. The molecule has 2 saturated carbocycles. The second kappa shape index (κ2) is 6.66. The van der Waals surface area contributed by atoms with Crippen molar-refractivity contribution in [3.8, 4) is 17.3 Å². The molecule has 2 fully saturated rings. The standard InChI is InChI=1S/C20H22N2OS/c21-12-15-8-10-20(11-9-15,23-13-16-6-7-16)19-22-18(14-24-19)17-4-2-1-3-5-17/h1-5,14-16H,6-11,13H2. The number of aromatic nitrogens is 1. The summed E-state index contributed by atoms with van der Waals surface area (Å²) in [6, 6.07) is 12.8. The summed E-state index contributed by atoms with van der Waals surface area (Å²) in [6.07, 6.45) is 6.26. The normalized spacial score (nSPS) is 26.9. The third kappa shape index (κ3) is 3.24. The Morgan fingerprint density at radius 3 is 2.58 bits per heavy atom. The fourth-order valence-corrected chi connectivity index (χ4v) is 4.46. The fourth-order valence-electron chi connectivity index (χ4n) is 3.42. The summed E-state index contributed by atoms with van der Waals surface area (Å²) < 4.78 is 6.46. The molecule has 0 saturated heterocycles. The molecule has 3 nitrogen and oxygen atoms in total. The maximum Gasteiger partial charge on any atom is 0.125 e. The molecule has 0 amide bonds. The van der Waals surface area contributed by atoms with Crippen LogP contribution in [0.4, 0.5) is 0 Å². The number of thiazole rings is 1. The minimum absolute atomic E-state index is 0.177. The number of nitriles is 1. The molecule has 1 aromatic heterocycles. The van der Waals surface area contributed by atoms with E-state index in [1.807, 2.05) is 18.2 Å². The van der Waals surface area contributed by atoms with Crippen LogP contribution in [-0.4, -0.2) is 11.6 Å². The Bertz CT molecular complexity index is 722. The predicted octanol–water partition coefficient (Wildman–Crippen LogP) is 5.15. The SMILES string of the molecule is N#CC1CCC(OCC2CC2)(c2nc(-c3ccccc3)cs2)CC1. The number of ether oxygens (including phenoxy) is 1. The van der Waals surface area contributed by atoms with Crippen molar-refractivity contribution in [1.29, 1.82) is 5.26 Å². The zero-order valence-electron chi connectivity index (χ0n) is 13.8. The maximum absolute atomic E-state index is 9.21. The predicted molar refractivity (Wildman–Crippen MR) is 95.5 cm³/mol. The van der Waals surface area contributed by atoms with E-state index in [9.17, 15) is 5.26 Å². The second-order valence-corrected chi connectivity index (χ2v) is 7.91. The highest BCUT2D eigenvalue weighted by atomic mass is 32.1. The van der Waals surface area contributed by atoms with Gasteiger partial charge in [-0.05, 0) is 44.4 Å². The Hall–Kier alpha value is -1.70. The molecule has 0 aliphatic heterocycles. The molecule has 24 heavy (non-hydrogen) atoms. The first-order valence-corrected chi connectivity index (χ1v) is 9.72. The van der Waals surface area contributed by atoms with Crippen LogP contribution in [-0.2, 0) is 10.3 Å². The summed E-state index contributed by atoms with van der Waals surface area (Å²) in [6.45, 7) is 0.845. The Morgan fingerprint density at radius 1 is 1.17 bits per heavy atom. The van der Waals surface area contributed by atoms with Crippen LogP contribution in [0.15, 0.2) is 35.7 Å². The molecule has 0 atom stereocenters. The van der Waals surface area contributed by atoms with Gasteiger partial charge in [0.25, 0.3) is 0 Å². The topological polar surface area (TPSA) is 45.9 Å². The van der Waals surface area contributed by atoms with Crippen LogP contribution in [0.5, 0.6) is 0 Å². The molecule has 124 valence electrons. The highest BCUT2D eigenvalue weighted by Gasteiger charge is 2.41. The van der Waals surface area contributed by atoms with E-state index in [4.69, 9.17) is 9.72 Å². The Balaban J connectivity index is 1.59. The monoisotopic (exact) mass is 338 g/mol. The van der Waals surface area contributed by atoms with Gasteiger partial charge in [-0.2, -0.15) is 5.26 Å². The van der Waals surface area contributed by atoms with Crippen LogP contribution in [0.3, 0.4) is 0 Å². The number of benzene rings is 1. The average Bonchev–Trinajstić information content (AvgIpc) is 3.34. The molecule has 4 rings (SSSR count). The first-order valence-electron chi connectivity index (χ1n) is 8.84. The molecule has 1 aromatic carbocycles. The lowest BCUT2D eigenvalue weighted by Crippen LogP contribution is -2.35. The molecule has 2 aliphatic carbocycles. The van der Waals surface area contributed by atoms with Gasteiger partial charge in [0.05, 0.1) is 18.4 Å². The lowest BCUT2D eigenvalue weighted by Gasteiger charge is -2.37. The van der Waals surface area contributed by atoms with Crippen LogP contribution in [0, 0.1) is 23.2 Å². The van der Waals surface area contributed by atoms with Crippen molar-refractivity contribution in [3.63, 3.8) is 0 Å². The summed E-state index contributed by atoms with van der Waals surface area (Å²) in [4.78, 5) is 4.94. The minimum atomic E-state index is -0.270. The van der Waals surface area contributed by atoms with Crippen molar-refractivity contribution in [2.45, 2.75) is 44.1 Å². The third-order valence-corrected chi connectivity index (χ3v) is 6.26. The zero-order valence-corrected chi connectivity index (χ0v) is 14.6. The number of hydrogen-bond donors (Lipinski definition) is 0. The average molecular weight is 338 g/mol. The van der Waals surface area contributed by atoms with Crippen LogP contribution in [0.25, 0.3) is 11.3 Å². The third-order valence-electron chi connectivity index (χ3n) is 5.23. The van der Waals surface area contributed by atoms with E-state index in [2.05, 4.69) is 23.6 Å². The van der Waals surface area contributed by atoms with Crippen molar-refractivity contribution < 1.29 is 4.74 Å². The lowest BCUT2D eigenvalue weighted by molar-refractivity contribution is -0.0848. The van der Waals surface area contributed by atoms with E-state index in [0.29, 0.717) is 0 Å². The van der Waals surface area contributed by atoms with Crippen molar-refractivity contribution in [1.82, 2.24) is 4.98 Å². The van der Waals surface area contributed by atoms with E-state index in [1.165, 1.54) is 12.8 Å². The lowest BCUT2D eigenvalue weighted by atomic mass is 9.79. The van der Waals surface area contributed by atoms with Crippen molar-refractivity contribution in [2.75, 3.05) is 6.61 Å². The summed E-state index contributed by atoms with van der Waals surface area (Å²) in [5.74, 6) is 0.917. The molecule has 4 heteroatoms. The van der Waals surface area contributed by atoms with Crippen molar-refractivity contribution in [2.24, 2.45) is 11.8 Å². The van der Waals surface area contributed by atoms with Gasteiger partial charge < -0.3 is 4.74 Å². The van der Waals surface area contributed by atoms with Crippen LogP contribution in [0.1, 0.15) is 43.5 Å². The van der Waals surface area contributed by atoms with E-state index in [1.54, 1.807) is 11.3 Å². The zero-order chi connectivity index (χ0) is 16.4. The molecule has 0 bridgehead atoms. The van der Waals surface area contributed by atoms with Crippen molar-refractivity contribution >= 4 is 11.3 Å². The van der Waals surface area contributed by atoms with Gasteiger partial charge in [0.1, 0.15) is 10.6 Å². The molecule has 2 aromatic rings. The van der Waals surface area contributed by atoms with Gasteiger partial charge in [-0.15, -0.1) is 11.3 Å². The van der Waals surface area contributed by atoms with Gasteiger partial charge in [-0.25, -0.2) is 4.98 Å². The Kier molecular flexibility index (Phi) is 4.39. The van der Waals surface area contributed by atoms with Crippen molar-refractivity contribution in [3.05, 3.63) is 40.7 Å². The van der Waals surface area contributed by atoms with Crippen LogP contribution >= 0.6 is 11.3 Å². The summed E-state index contributed by atoms with van der Waals surface area (Å²) in [7, 11) is 0. The van der Waals surface area contributed by atoms with E-state index >= 15 is 0 Å². The van der Waals surface area contributed by atoms with Gasteiger partial charge >= 0.3 is 0 Å². The first kappa shape index (κ1) is 15.8. The molecule has 0 unspecified atom stereocenters. The largest absolute Gasteiger partial charge is 0.368 e. The summed E-state index contributed by atoms with van der Waals surface area (Å²) in [5.41, 5.74) is 1.92. The van der Waals surface area contributed by atoms with E-state index in [0.717, 1.165) is 54.5 Å². The molecule has 2 aliphatic rings. The highest BCUT2D eigenvalue weighted by Crippen LogP contribution is 2.45. The van der Waals surface area contributed by atoms with Gasteiger partial charge in [0, 0.05) is 16.9 Å². The van der Waals surface area contributed by atoms with Gasteiger partial charge in [-0.3, -0.25) is 0 Å². The summed E-state index contributed by atoms with van der Waals surface area (Å²) in [5, 5.41) is 12.4. The molecule has 0 N–H and O–H groups in total. The minimum Gasteiger partial charge on any atom is -0.368 e. The second-order valence-electron chi connectivity index (χ2n) is 7.06. The highest BCUT2D eigenvalue weighted by molar-refractivity contribution is 7.10. The van der Waals surface area contributed by atoms with Crippen LogP contribution < -0.4 is 0 Å². The van der Waals surface area contributed by atoms with Crippen LogP contribution in [0.2, 0.25) is 0 Å². The molecular formula is C20H22N2OS.